The van der Waals surface area contributed by atoms with Crippen molar-refractivity contribution < 1.29 is 10.2 Å². The number of hydrogen-bond acceptors (Lipinski definition) is 5. The number of aromatic amines is 2. The molecule has 0 aliphatic heterocycles. The van der Waals surface area contributed by atoms with E-state index in [1.54, 1.807) is 0 Å². The van der Waals surface area contributed by atoms with Crippen molar-refractivity contribution in [3.63, 3.8) is 0 Å². The third-order valence-electron chi connectivity index (χ3n) is 1.33. The molecule has 0 aliphatic carbocycles. The molecule has 0 fully saturated rings. The Morgan fingerprint density at radius 1 is 1.15 bits per heavy atom. The van der Waals surface area contributed by atoms with Crippen molar-refractivity contribution in [2.24, 2.45) is 0 Å². The number of H-pyrrole nitrogens is 2. The number of aromatic nitrogens is 4. The predicted octanol–water partition coefficient (Wildman–Crippen LogP) is -2.59. The summed E-state index contributed by atoms with van der Waals surface area (Å²) in [5.41, 5.74) is -0.702. The molecule has 13 heavy (non-hydrogen) atoms. The third kappa shape index (κ3) is 1.77. The molecule has 0 aliphatic rings. The zero-order valence-corrected chi connectivity index (χ0v) is 8.53. The van der Waals surface area contributed by atoms with Crippen LogP contribution in [0.2, 0.25) is 0 Å². The van der Waals surface area contributed by atoms with Gasteiger partial charge in [0.1, 0.15) is 0 Å². The summed E-state index contributed by atoms with van der Waals surface area (Å²) < 4.78 is 0. The number of hydrogen-bond donors (Lipinski definition) is 2. The first kappa shape index (κ1) is 10.3. The van der Waals surface area contributed by atoms with Crippen molar-refractivity contribution >= 4 is 48.9 Å². The zero-order valence-electron chi connectivity index (χ0n) is 6.33. The largest absolute Gasteiger partial charge is 2.00 e. The molecule has 0 spiro atoms. The summed E-state index contributed by atoms with van der Waals surface area (Å²) in [5, 5.41) is 21.4. The van der Waals surface area contributed by atoms with Crippen LogP contribution in [0.3, 0.4) is 0 Å². The Kier molecular flexibility index (Phi) is 2.79. The first-order valence-corrected chi connectivity index (χ1v) is 3.01. The Morgan fingerprint density at radius 2 is 1.85 bits per heavy atom. The van der Waals surface area contributed by atoms with Crippen LogP contribution >= 0.6 is 0 Å². The Labute approximate surface area is 101 Å². The van der Waals surface area contributed by atoms with E-state index in [1.165, 1.54) is 0 Å². The molecule has 2 aromatic heterocycles. The Balaban J connectivity index is 0.000000845. The first-order valence-electron chi connectivity index (χ1n) is 3.01. The van der Waals surface area contributed by atoms with E-state index in [4.69, 9.17) is 0 Å². The van der Waals surface area contributed by atoms with Crippen molar-refractivity contribution in [3.05, 3.63) is 10.5 Å². The molecule has 0 aromatic carbocycles. The zero-order chi connectivity index (χ0) is 8.72. The number of imidazole rings is 1. The van der Waals surface area contributed by atoms with Gasteiger partial charge in [-0.05, 0) is 0 Å². The summed E-state index contributed by atoms with van der Waals surface area (Å²) in [5.74, 6) is -0.775. The molecule has 2 aromatic rings. The molecular formula is C5H2CaN4O3. The van der Waals surface area contributed by atoms with E-state index >= 15 is 0 Å². The summed E-state index contributed by atoms with van der Waals surface area (Å²) in [6.07, 6.45) is 0. The van der Waals surface area contributed by atoms with E-state index < -0.39 is 17.6 Å². The molecule has 62 valence electrons. The maximum absolute atomic E-state index is 10.9. The average Bonchev–Trinajstić information content (AvgIpc) is 2.29. The van der Waals surface area contributed by atoms with Gasteiger partial charge in [-0.1, -0.05) is 0 Å². The smallest absolute Gasteiger partial charge is 0.857 e. The van der Waals surface area contributed by atoms with Crippen LogP contribution in [0.25, 0.3) is 11.2 Å². The van der Waals surface area contributed by atoms with Crippen LogP contribution in [0.5, 0.6) is 11.9 Å². The minimum atomic E-state index is -0.900. The van der Waals surface area contributed by atoms with Gasteiger partial charge in [-0.2, -0.15) is 0 Å². The molecule has 0 amide bonds. The van der Waals surface area contributed by atoms with Gasteiger partial charge in [0.2, 0.25) is 0 Å². The van der Waals surface area contributed by atoms with Crippen molar-refractivity contribution in [1.82, 2.24) is 19.9 Å². The van der Waals surface area contributed by atoms with E-state index in [9.17, 15) is 15.0 Å². The van der Waals surface area contributed by atoms with Crippen LogP contribution in [0.15, 0.2) is 4.79 Å². The van der Waals surface area contributed by atoms with Gasteiger partial charge in [0.15, 0.2) is 5.65 Å². The quantitative estimate of drug-likeness (QED) is 0.458. The summed E-state index contributed by atoms with van der Waals surface area (Å²) in [4.78, 5) is 21.3. The van der Waals surface area contributed by atoms with Gasteiger partial charge < -0.3 is 15.2 Å². The fourth-order valence-electron chi connectivity index (χ4n) is 0.876. The second-order valence-corrected chi connectivity index (χ2v) is 2.11. The molecule has 2 heterocycles. The fraction of sp³-hybridized carbons (Fsp3) is 0. The maximum Gasteiger partial charge on any atom is 2.00 e. The number of fused-ring (bicyclic) bond motifs is 1. The molecule has 2 rings (SSSR count). The predicted molar refractivity (Wildman–Crippen MR) is 39.2 cm³/mol. The molecule has 7 nitrogen and oxygen atoms in total. The maximum atomic E-state index is 10.9. The molecule has 0 saturated heterocycles. The molecule has 0 bridgehead atoms. The van der Waals surface area contributed by atoms with Crippen molar-refractivity contribution in [1.29, 1.82) is 0 Å². The van der Waals surface area contributed by atoms with E-state index in [0.717, 1.165) is 0 Å². The Hall–Kier alpha value is -0.790. The number of nitrogens with one attached hydrogen (secondary N) is 2. The van der Waals surface area contributed by atoms with Crippen molar-refractivity contribution in [3.8, 4) is 11.9 Å². The Bertz CT molecular complexity index is 490. The van der Waals surface area contributed by atoms with Gasteiger partial charge in [0, 0.05) is 5.88 Å². The summed E-state index contributed by atoms with van der Waals surface area (Å²) in [6, 6.07) is -0.900. The summed E-state index contributed by atoms with van der Waals surface area (Å²) >= 11 is 0. The minimum absolute atomic E-state index is 0. The second-order valence-electron chi connectivity index (χ2n) is 2.11. The molecule has 8 heteroatoms. The topological polar surface area (TPSA) is 121 Å². The number of rotatable bonds is 0. The first-order chi connectivity index (χ1) is 5.66. The van der Waals surface area contributed by atoms with Crippen LogP contribution < -0.4 is 15.9 Å². The van der Waals surface area contributed by atoms with Gasteiger partial charge in [-0.15, -0.1) is 0 Å². The summed E-state index contributed by atoms with van der Waals surface area (Å²) in [6.45, 7) is 0. The number of nitrogens with zero attached hydrogens (tertiary/aromatic N) is 2. The minimum Gasteiger partial charge on any atom is -0.857 e. The van der Waals surface area contributed by atoms with E-state index in [1.807, 2.05) is 0 Å². The molecule has 0 saturated carbocycles. The second kappa shape index (κ2) is 3.52. The standard InChI is InChI=1S/C5H4N4O3.Ca/c10-3-1-2(7-4(11)6-1)8-5(12)9-3;/h(H4,6,7,8,9,10,11,12);/q;+2/p-2. The molecule has 0 radical (unpaired) electrons. The van der Waals surface area contributed by atoms with E-state index in [0.29, 0.717) is 0 Å². The normalized spacial score (nSPS) is 9.85. The van der Waals surface area contributed by atoms with Gasteiger partial charge in [-0.25, -0.2) is 9.78 Å². The van der Waals surface area contributed by atoms with Crippen LogP contribution in [-0.4, -0.2) is 57.7 Å². The monoisotopic (exact) mass is 206 g/mol. The van der Waals surface area contributed by atoms with Crippen LogP contribution in [0.4, 0.5) is 0 Å². The van der Waals surface area contributed by atoms with Crippen molar-refractivity contribution in [2.75, 3.05) is 0 Å². The van der Waals surface area contributed by atoms with Crippen LogP contribution in [-0.2, 0) is 0 Å². The molecule has 0 atom stereocenters. The van der Waals surface area contributed by atoms with E-state index in [2.05, 4.69) is 19.9 Å². The van der Waals surface area contributed by atoms with E-state index in [-0.39, 0.29) is 48.9 Å². The molecule has 0 unspecified atom stereocenters. The Morgan fingerprint density at radius 3 is 2.54 bits per heavy atom. The van der Waals surface area contributed by atoms with Gasteiger partial charge in [0.25, 0.3) is 0 Å². The summed E-state index contributed by atoms with van der Waals surface area (Å²) in [7, 11) is 0. The molecule has 2 N–H and O–H groups in total. The van der Waals surface area contributed by atoms with Crippen molar-refractivity contribution in [2.45, 2.75) is 0 Å². The van der Waals surface area contributed by atoms with Gasteiger partial charge in [-0.3, -0.25) is 9.97 Å². The fourth-order valence-corrected chi connectivity index (χ4v) is 0.876. The van der Waals surface area contributed by atoms with Gasteiger partial charge in [0.05, 0.1) is 11.5 Å². The molecular weight excluding hydrogens is 204 g/mol. The average molecular weight is 206 g/mol. The third-order valence-corrected chi connectivity index (χ3v) is 1.33. The SMILES string of the molecule is O=c1[nH]c2nc([O-])nc([O-])c2[nH]1.[Ca+2]. The van der Waals surface area contributed by atoms with Crippen LogP contribution in [0, 0.1) is 0 Å². The van der Waals surface area contributed by atoms with Crippen LogP contribution in [0.1, 0.15) is 0 Å². The van der Waals surface area contributed by atoms with Gasteiger partial charge >= 0.3 is 43.4 Å².